The zero-order chi connectivity index (χ0) is 14.8. The van der Waals surface area contributed by atoms with Crippen molar-refractivity contribution in [3.8, 4) is 0 Å². The fourth-order valence-electron chi connectivity index (χ4n) is 2.83. The number of non-ortho nitro benzene ring substituents is 1. The second-order valence-electron chi connectivity index (χ2n) is 6.21. The van der Waals surface area contributed by atoms with Crippen LogP contribution in [-0.4, -0.2) is 24.6 Å². The molecule has 0 saturated carbocycles. The molecule has 5 heteroatoms. The maximum absolute atomic E-state index is 11.1. The predicted molar refractivity (Wildman–Crippen MR) is 82.5 cm³/mol. The number of rotatable bonds is 4. The van der Waals surface area contributed by atoms with Gasteiger partial charge in [0.1, 0.15) is 0 Å². The molecule has 1 heterocycles. The second-order valence-corrected chi connectivity index (χ2v) is 6.21. The maximum Gasteiger partial charge on any atom is 0.273 e. The van der Waals surface area contributed by atoms with Crippen molar-refractivity contribution in [2.24, 2.45) is 5.41 Å². The summed E-state index contributed by atoms with van der Waals surface area (Å²) in [5.41, 5.74) is 2.19. The molecule has 0 aliphatic carbocycles. The van der Waals surface area contributed by atoms with Crippen LogP contribution in [0.3, 0.4) is 0 Å². The number of hydrogen-bond donors (Lipinski definition) is 1. The highest BCUT2D eigenvalue weighted by Crippen LogP contribution is 2.34. The number of anilines is 2. The summed E-state index contributed by atoms with van der Waals surface area (Å²) < 4.78 is 0. The number of nitro benzene ring substituents is 1. The van der Waals surface area contributed by atoms with E-state index in [1.165, 1.54) is 6.42 Å². The van der Waals surface area contributed by atoms with E-state index in [1.807, 2.05) is 13.0 Å². The van der Waals surface area contributed by atoms with Crippen LogP contribution >= 0.6 is 0 Å². The van der Waals surface area contributed by atoms with Crippen molar-refractivity contribution >= 4 is 17.1 Å². The van der Waals surface area contributed by atoms with E-state index >= 15 is 0 Å². The Labute approximate surface area is 120 Å². The Kier molecular flexibility index (Phi) is 4.16. The molecular weight excluding hydrogens is 254 g/mol. The topological polar surface area (TPSA) is 58.4 Å². The van der Waals surface area contributed by atoms with Gasteiger partial charge >= 0.3 is 0 Å². The molecule has 0 spiro atoms. The van der Waals surface area contributed by atoms with Crippen LogP contribution in [0.2, 0.25) is 0 Å². The summed E-state index contributed by atoms with van der Waals surface area (Å²) in [5.74, 6) is 0. The summed E-state index contributed by atoms with van der Waals surface area (Å²) in [4.78, 5) is 13.0. The molecule has 110 valence electrons. The number of nitrogens with one attached hydrogen (secondary N) is 1. The third-order valence-corrected chi connectivity index (χ3v) is 3.76. The van der Waals surface area contributed by atoms with Crippen LogP contribution in [0.4, 0.5) is 17.1 Å². The summed E-state index contributed by atoms with van der Waals surface area (Å²) in [6.45, 7) is 9.16. The lowest BCUT2D eigenvalue weighted by atomic mass is 9.84. The van der Waals surface area contributed by atoms with Crippen LogP contribution in [0.5, 0.6) is 0 Å². The Bertz CT molecular complexity index is 500. The highest BCUT2D eigenvalue weighted by molar-refractivity contribution is 5.64. The Balaban J connectivity index is 2.32. The molecule has 5 nitrogen and oxygen atoms in total. The molecule has 0 atom stereocenters. The average Bonchev–Trinajstić information content (AvgIpc) is 2.37. The van der Waals surface area contributed by atoms with Gasteiger partial charge in [0.2, 0.25) is 0 Å². The summed E-state index contributed by atoms with van der Waals surface area (Å²) >= 11 is 0. The molecule has 1 aliphatic heterocycles. The van der Waals surface area contributed by atoms with Gasteiger partial charge in [0.05, 0.1) is 4.92 Å². The lowest BCUT2D eigenvalue weighted by molar-refractivity contribution is -0.384. The average molecular weight is 277 g/mol. The number of piperidine rings is 1. The molecule has 0 unspecified atom stereocenters. The van der Waals surface area contributed by atoms with Crippen LogP contribution in [-0.2, 0) is 0 Å². The number of nitro groups is 1. The van der Waals surface area contributed by atoms with Gasteiger partial charge in [-0.05, 0) is 31.2 Å². The number of hydrogen-bond acceptors (Lipinski definition) is 4. The minimum atomic E-state index is -0.320. The third-order valence-electron chi connectivity index (χ3n) is 3.76. The van der Waals surface area contributed by atoms with E-state index < -0.39 is 0 Å². The maximum atomic E-state index is 11.1. The Hall–Kier alpha value is -1.78. The second kappa shape index (κ2) is 5.69. The van der Waals surface area contributed by atoms with Gasteiger partial charge in [0, 0.05) is 43.1 Å². The predicted octanol–water partition coefficient (Wildman–Crippen LogP) is 3.65. The largest absolute Gasteiger partial charge is 0.385 e. The normalized spacial score (nSPS) is 17.9. The van der Waals surface area contributed by atoms with Gasteiger partial charge in [-0.3, -0.25) is 10.1 Å². The summed E-state index contributed by atoms with van der Waals surface area (Å²) in [5, 5.41) is 14.3. The third kappa shape index (κ3) is 3.40. The van der Waals surface area contributed by atoms with Crippen molar-refractivity contribution in [2.75, 3.05) is 29.9 Å². The Morgan fingerprint density at radius 3 is 2.75 bits per heavy atom. The van der Waals surface area contributed by atoms with Gasteiger partial charge in [-0.15, -0.1) is 0 Å². The van der Waals surface area contributed by atoms with Crippen molar-refractivity contribution < 1.29 is 4.92 Å². The van der Waals surface area contributed by atoms with Crippen molar-refractivity contribution in [3.63, 3.8) is 0 Å². The zero-order valence-corrected chi connectivity index (χ0v) is 12.5. The van der Waals surface area contributed by atoms with E-state index in [-0.39, 0.29) is 16.0 Å². The first-order valence-corrected chi connectivity index (χ1v) is 7.19. The first-order valence-electron chi connectivity index (χ1n) is 7.19. The van der Waals surface area contributed by atoms with Crippen molar-refractivity contribution in [2.45, 2.75) is 33.6 Å². The molecule has 0 bridgehead atoms. The standard InChI is InChI=1S/C15H23N3O2/c1-4-16-12-8-13(10-14(9-12)18(19)20)17-7-5-6-15(2,3)11-17/h8-10,16H,4-7,11H2,1-3H3. The SMILES string of the molecule is CCNc1cc(N2CCCC(C)(C)C2)cc([N+](=O)[O-])c1. The minimum absolute atomic E-state index is 0.154. The first kappa shape index (κ1) is 14.6. The lowest BCUT2D eigenvalue weighted by Gasteiger charge is -2.39. The van der Waals surface area contributed by atoms with Gasteiger partial charge < -0.3 is 10.2 Å². The first-order chi connectivity index (χ1) is 9.41. The number of benzene rings is 1. The summed E-state index contributed by atoms with van der Waals surface area (Å²) in [6.07, 6.45) is 2.34. The van der Waals surface area contributed by atoms with E-state index in [0.717, 1.165) is 37.4 Å². The monoisotopic (exact) mass is 277 g/mol. The fourth-order valence-corrected chi connectivity index (χ4v) is 2.83. The molecule has 1 saturated heterocycles. The van der Waals surface area contributed by atoms with E-state index in [0.29, 0.717) is 0 Å². The molecule has 2 rings (SSSR count). The van der Waals surface area contributed by atoms with Crippen LogP contribution in [0.15, 0.2) is 18.2 Å². The van der Waals surface area contributed by atoms with Gasteiger partial charge in [-0.2, -0.15) is 0 Å². The highest BCUT2D eigenvalue weighted by Gasteiger charge is 2.27. The van der Waals surface area contributed by atoms with Gasteiger partial charge in [0.25, 0.3) is 5.69 Å². The molecule has 1 N–H and O–H groups in total. The van der Waals surface area contributed by atoms with Crippen LogP contribution < -0.4 is 10.2 Å². The highest BCUT2D eigenvalue weighted by atomic mass is 16.6. The van der Waals surface area contributed by atoms with Crippen molar-refractivity contribution in [1.82, 2.24) is 0 Å². The molecule has 1 fully saturated rings. The summed E-state index contributed by atoms with van der Waals surface area (Å²) in [6, 6.07) is 5.29. The van der Waals surface area contributed by atoms with E-state index in [4.69, 9.17) is 0 Å². The van der Waals surface area contributed by atoms with E-state index in [2.05, 4.69) is 24.1 Å². The van der Waals surface area contributed by atoms with Crippen LogP contribution in [0.25, 0.3) is 0 Å². The molecule has 1 aromatic carbocycles. The quantitative estimate of drug-likeness (QED) is 0.674. The fraction of sp³-hybridized carbons (Fsp3) is 0.600. The minimum Gasteiger partial charge on any atom is -0.385 e. The number of nitrogens with zero attached hydrogens (tertiary/aromatic N) is 2. The molecular formula is C15H23N3O2. The van der Waals surface area contributed by atoms with E-state index in [1.54, 1.807) is 12.1 Å². The van der Waals surface area contributed by atoms with Gasteiger partial charge in [-0.25, -0.2) is 0 Å². The molecule has 0 aromatic heterocycles. The Morgan fingerprint density at radius 1 is 1.40 bits per heavy atom. The Morgan fingerprint density at radius 2 is 2.15 bits per heavy atom. The van der Waals surface area contributed by atoms with Crippen LogP contribution in [0, 0.1) is 15.5 Å². The van der Waals surface area contributed by atoms with Crippen molar-refractivity contribution in [3.05, 3.63) is 28.3 Å². The molecule has 0 amide bonds. The molecule has 1 aromatic rings. The summed E-state index contributed by atoms with van der Waals surface area (Å²) in [7, 11) is 0. The van der Waals surface area contributed by atoms with Gasteiger partial charge in [-0.1, -0.05) is 13.8 Å². The lowest BCUT2D eigenvalue weighted by Crippen LogP contribution is -2.40. The van der Waals surface area contributed by atoms with E-state index in [9.17, 15) is 10.1 Å². The van der Waals surface area contributed by atoms with Gasteiger partial charge in [0.15, 0.2) is 0 Å². The van der Waals surface area contributed by atoms with Crippen LogP contribution in [0.1, 0.15) is 33.6 Å². The smallest absolute Gasteiger partial charge is 0.273 e. The molecule has 20 heavy (non-hydrogen) atoms. The molecule has 1 aliphatic rings. The van der Waals surface area contributed by atoms with Crippen molar-refractivity contribution in [1.29, 1.82) is 0 Å². The zero-order valence-electron chi connectivity index (χ0n) is 12.5. The molecule has 0 radical (unpaired) electrons.